The summed E-state index contributed by atoms with van der Waals surface area (Å²) < 4.78 is 26.1. The van der Waals surface area contributed by atoms with Crippen molar-refractivity contribution >= 4 is 10.0 Å². The quantitative estimate of drug-likeness (QED) is 0.827. The summed E-state index contributed by atoms with van der Waals surface area (Å²) in [6, 6.07) is 4.75. The molecule has 5 nitrogen and oxygen atoms in total. The molecule has 1 aromatic heterocycles. The molecule has 1 saturated heterocycles. The Morgan fingerprint density at radius 2 is 2.33 bits per heavy atom. The highest BCUT2D eigenvalue weighted by atomic mass is 32.2. The summed E-state index contributed by atoms with van der Waals surface area (Å²) in [5.41, 5.74) is 0.224. The summed E-state index contributed by atoms with van der Waals surface area (Å²) >= 11 is 0. The lowest BCUT2D eigenvalue weighted by atomic mass is 10.1. The Kier molecular flexibility index (Phi) is 3.64. The minimum atomic E-state index is -3.45. The lowest BCUT2D eigenvalue weighted by Crippen LogP contribution is -2.29. The van der Waals surface area contributed by atoms with Gasteiger partial charge in [-0.25, -0.2) is 13.4 Å². The van der Waals surface area contributed by atoms with Gasteiger partial charge < -0.3 is 0 Å². The molecule has 2 heterocycles. The van der Waals surface area contributed by atoms with Crippen molar-refractivity contribution in [2.45, 2.75) is 24.7 Å². The number of rotatable bonds is 3. The molecule has 1 aliphatic rings. The van der Waals surface area contributed by atoms with E-state index in [1.807, 2.05) is 6.07 Å². The van der Waals surface area contributed by atoms with E-state index in [0.29, 0.717) is 19.0 Å². The molecule has 96 valence electrons. The molecule has 1 aliphatic heterocycles. The van der Waals surface area contributed by atoms with E-state index in [-0.39, 0.29) is 10.6 Å². The van der Waals surface area contributed by atoms with Gasteiger partial charge in [-0.15, -0.1) is 0 Å². The van der Waals surface area contributed by atoms with Gasteiger partial charge in [0.25, 0.3) is 0 Å². The maximum Gasteiger partial charge on any atom is 0.244 e. The Labute approximate surface area is 107 Å². The van der Waals surface area contributed by atoms with E-state index in [9.17, 15) is 8.42 Å². The Hall–Kier alpha value is -1.45. The second-order valence-electron chi connectivity index (χ2n) is 4.42. The van der Waals surface area contributed by atoms with Crippen LogP contribution in [0.25, 0.3) is 0 Å². The Morgan fingerprint density at radius 3 is 2.83 bits per heavy atom. The lowest BCUT2D eigenvalue weighted by molar-refractivity contribution is 0.452. The Bertz CT molecular complexity index is 560. The molecular weight excluding hydrogens is 250 g/mol. The van der Waals surface area contributed by atoms with Crippen LogP contribution in [0.1, 0.15) is 25.5 Å². The first-order valence-electron chi connectivity index (χ1n) is 5.94. The van der Waals surface area contributed by atoms with Crippen molar-refractivity contribution in [2.24, 2.45) is 5.92 Å². The fourth-order valence-electron chi connectivity index (χ4n) is 2.10. The standard InChI is InChI=1S/C12H15N3O2S/c1-2-10-5-6-15(9-10)18(16,17)12-4-3-11(7-13)14-8-12/h3-4,8,10H,2,5-6,9H2,1H3. The van der Waals surface area contributed by atoms with Crippen LogP contribution in [0.2, 0.25) is 0 Å². The zero-order valence-corrected chi connectivity index (χ0v) is 11.0. The highest BCUT2D eigenvalue weighted by Crippen LogP contribution is 2.25. The van der Waals surface area contributed by atoms with Gasteiger partial charge >= 0.3 is 0 Å². The molecule has 2 rings (SSSR count). The molecule has 18 heavy (non-hydrogen) atoms. The third kappa shape index (κ3) is 2.37. The summed E-state index contributed by atoms with van der Waals surface area (Å²) in [7, 11) is -3.45. The SMILES string of the molecule is CCC1CCN(S(=O)(=O)c2ccc(C#N)nc2)C1. The number of sulfonamides is 1. The zero-order chi connectivity index (χ0) is 13.2. The van der Waals surface area contributed by atoms with Gasteiger partial charge in [-0.3, -0.25) is 0 Å². The summed E-state index contributed by atoms with van der Waals surface area (Å²) in [6.45, 7) is 3.23. The molecule has 0 N–H and O–H groups in total. The van der Waals surface area contributed by atoms with Crippen molar-refractivity contribution in [2.75, 3.05) is 13.1 Å². The molecule has 0 spiro atoms. The minimum absolute atomic E-state index is 0.165. The molecule has 1 fully saturated rings. The van der Waals surface area contributed by atoms with Gasteiger partial charge in [-0.1, -0.05) is 13.3 Å². The Morgan fingerprint density at radius 1 is 1.56 bits per heavy atom. The first-order chi connectivity index (χ1) is 8.57. The van der Waals surface area contributed by atoms with Crippen molar-refractivity contribution in [1.82, 2.24) is 9.29 Å². The predicted octanol–water partition coefficient (Wildman–Crippen LogP) is 1.37. The summed E-state index contributed by atoms with van der Waals surface area (Å²) in [5, 5.41) is 8.64. The van der Waals surface area contributed by atoms with Crippen LogP contribution >= 0.6 is 0 Å². The van der Waals surface area contributed by atoms with Crippen molar-refractivity contribution in [1.29, 1.82) is 5.26 Å². The largest absolute Gasteiger partial charge is 0.244 e. The molecule has 1 unspecified atom stereocenters. The van der Waals surface area contributed by atoms with Crippen LogP contribution in [0.3, 0.4) is 0 Å². The molecule has 0 radical (unpaired) electrons. The first kappa shape index (κ1) is 13.0. The van der Waals surface area contributed by atoms with E-state index >= 15 is 0 Å². The van der Waals surface area contributed by atoms with Gasteiger partial charge in [0, 0.05) is 19.3 Å². The molecule has 1 aromatic rings. The summed E-state index contributed by atoms with van der Waals surface area (Å²) in [4.78, 5) is 3.97. The molecule has 0 amide bonds. The molecule has 0 saturated carbocycles. The van der Waals surface area contributed by atoms with Gasteiger partial charge in [0.15, 0.2) is 0 Å². The number of aromatic nitrogens is 1. The maximum absolute atomic E-state index is 12.3. The minimum Gasteiger partial charge on any atom is -0.244 e. The third-order valence-corrected chi connectivity index (χ3v) is 5.16. The smallest absolute Gasteiger partial charge is 0.244 e. The zero-order valence-electron chi connectivity index (χ0n) is 10.2. The molecule has 0 aliphatic carbocycles. The fourth-order valence-corrected chi connectivity index (χ4v) is 3.57. The van der Waals surface area contributed by atoms with Crippen LogP contribution in [0.5, 0.6) is 0 Å². The molecule has 1 atom stereocenters. The van der Waals surface area contributed by atoms with Crippen LogP contribution in [-0.4, -0.2) is 30.8 Å². The fraction of sp³-hybridized carbons (Fsp3) is 0.500. The van der Waals surface area contributed by atoms with Gasteiger partial charge in [-0.05, 0) is 24.5 Å². The van der Waals surface area contributed by atoms with Crippen molar-refractivity contribution in [3.05, 3.63) is 24.0 Å². The van der Waals surface area contributed by atoms with E-state index in [1.54, 1.807) is 0 Å². The van der Waals surface area contributed by atoms with Crippen LogP contribution in [0.4, 0.5) is 0 Å². The van der Waals surface area contributed by atoms with Crippen LogP contribution < -0.4 is 0 Å². The number of nitriles is 1. The van der Waals surface area contributed by atoms with E-state index in [4.69, 9.17) is 5.26 Å². The topological polar surface area (TPSA) is 74.1 Å². The average molecular weight is 265 g/mol. The second-order valence-corrected chi connectivity index (χ2v) is 6.35. The molecular formula is C12H15N3O2S. The molecule has 6 heteroatoms. The van der Waals surface area contributed by atoms with Crippen molar-refractivity contribution < 1.29 is 8.42 Å². The van der Waals surface area contributed by atoms with Crippen molar-refractivity contribution in [3.8, 4) is 6.07 Å². The number of hydrogen-bond acceptors (Lipinski definition) is 4. The summed E-state index contributed by atoms with van der Waals surface area (Å²) in [5.74, 6) is 0.450. The van der Waals surface area contributed by atoms with E-state index in [0.717, 1.165) is 12.8 Å². The van der Waals surface area contributed by atoms with E-state index in [2.05, 4.69) is 11.9 Å². The third-order valence-electron chi connectivity index (χ3n) is 3.31. The van der Waals surface area contributed by atoms with Crippen LogP contribution in [0.15, 0.2) is 23.2 Å². The van der Waals surface area contributed by atoms with Gasteiger partial charge in [0.05, 0.1) is 0 Å². The molecule has 0 aromatic carbocycles. The maximum atomic E-state index is 12.3. The van der Waals surface area contributed by atoms with Gasteiger partial charge in [0.1, 0.15) is 16.7 Å². The van der Waals surface area contributed by atoms with Crippen LogP contribution in [0, 0.1) is 17.2 Å². The lowest BCUT2D eigenvalue weighted by Gasteiger charge is -2.16. The van der Waals surface area contributed by atoms with Gasteiger partial charge in [0.2, 0.25) is 10.0 Å². The van der Waals surface area contributed by atoms with E-state index in [1.165, 1.54) is 22.6 Å². The number of hydrogen-bond donors (Lipinski definition) is 0. The first-order valence-corrected chi connectivity index (χ1v) is 7.38. The molecule has 0 bridgehead atoms. The second kappa shape index (κ2) is 5.04. The highest BCUT2D eigenvalue weighted by molar-refractivity contribution is 7.89. The number of nitrogens with zero attached hydrogens (tertiary/aromatic N) is 3. The predicted molar refractivity (Wildman–Crippen MR) is 66.1 cm³/mol. The number of pyridine rings is 1. The van der Waals surface area contributed by atoms with E-state index < -0.39 is 10.0 Å². The highest BCUT2D eigenvalue weighted by Gasteiger charge is 2.31. The van der Waals surface area contributed by atoms with Gasteiger partial charge in [-0.2, -0.15) is 9.57 Å². The Balaban J connectivity index is 2.23. The van der Waals surface area contributed by atoms with Crippen LogP contribution in [-0.2, 0) is 10.0 Å². The normalized spacial score (nSPS) is 20.8. The van der Waals surface area contributed by atoms with Crippen molar-refractivity contribution in [3.63, 3.8) is 0 Å². The monoisotopic (exact) mass is 265 g/mol. The summed E-state index contributed by atoms with van der Waals surface area (Å²) in [6.07, 6.45) is 3.17. The average Bonchev–Trinajstić information content (AvgIpc) is 2.88.